The molecule has 120 valence electrons. The summed E-state index contributed by atoms with van der Waals surface area (Å²) in [6.07, 6.45) is 0. The van der Waals surface area contributed by atoms with Gasteiger partial charge in [0.15, 0.2) is 5.43 Å². The molecule has 1 aliphatic heterocycles. The Morgan fingerprint density at radius 2 is 1.92 bits per heavy atom. The lowest BCUT2D eigenvalue weighted by Crippen LogP contribution is -2.29. The Balaban J connectivity index is 2.05. The first-order valence-corrected chi connectivity index (χ1v) is 7.74. The highest BCUT2D eigenvalue weighted by Gasteiger charge is 2.41. The third-order valence-electron chi connectivity index (χ3n) is 4.38. The van der Waals surface area contributed by atoms with Gasteiger partial charge in [0.25, 0.3) is 5.91 Å². The van der Waals surface area contributed by atoms with Crippen molar-refractivity contribution in [3.8, 4) is 0 Å². The van der Waals surface area contributed by atoms with Gasteiger partial charge < -0.3 is 9.32 Å². The van der Waals surface area contributed by atoms with Gasteiger partial charge in [-0.3, -0.25) is 9.59 Å². The van der Waals surface area contributed by atoms with Crippen molar-refractivity contribution in [1.29, 1.82) is 0 Å². The summed E-state index contributed by atoms with van der Waals surface area (Å²) in [6.45, 7) is 2.21. The van der Waals surface area contributed by atoms with Crippen LogP contribution in [0.3, 0.4) is 0 Å². The molecule has 0 aliphatic carbocycles. The van der Waals surface area contributed by atoms with Crippen LogP contribution < -0.4 is 5.43 Å². The second kappa shape index (κ2) is 5.30. The first kappa shape index (κ1) is 14.6. The van der Waals surface area contributed by atoms with Crippen molar-refractivity contribution in [1.82, 2.24) is 4.90 Å². The van der Waals surface area contributed by atoms with Gasteiger partial charge in [0.2, 0.25) is 5.76 Å². The molecule has 1 aromatic heterocycles. The maximum Gasteiger partial charge on any atom is 0.290 e. The molecular formula is C19H14FNO3. The third kappa shape index (κ3) is 1.98. The van der Waals surface area contributed by atoms with Crippen LogP contribution in [0.25, 0.3) is 11.0 Å². The van der Waals surface area contributed by atoms with Crippen molar-refractivity contribution in [2.45, 2.75) is 13.0 Å². The van der Waals surface area contributed by atoms with Crippen molar-refractivity contribution in [3.05, 3.63) is 81.5 Å². The monoisotopic (exact) mass is 323 g/mol. The molecule has 2 aromatic carbocycles. The lowest BCUT2D eigenvalue weighted by molar-refractivity contribution is 0.0737. The van der Waals surface area contributed by atoms with E-state index in [1.54, 1.807) is 36.4 Å². The van der Waals surface area contributed by atoms with E-state index in [1.165, 1.54) is 17.0 Å². The van der Waals surface area contributed by atoms with Gasteiger partial charge in [-0.15, -0.1) is 0 Å². The predicted octanol–water partition coefficient (Wildman–Crippen LogP) is 3.50. The Kier molecular flexibility index (Phi) is 3.23. The molecular weight excluding hydrogens is 309 g/mol. The summed E-state index contributed by atoms with van der Waals surface area (Å²) >= 11 is 0. The number of carbonyl (C=O) groups is 1. The van der Waals surface area contributed by atoms with Crippen LogP contribution >= 0.6 is 0 Å². The number of hydrogen-bond donors (Lipinski definition) is 0. The van der Waals surface area contributed by atoms with Crippen molar-refractivity contribution in [2.75, 3.05) is 6.54 Å². The van der Waals surface area contributed by atoms with E-state index in [9.17, 15) is 14.0 Å². The number of carbonyl (C=O) groups excluding carboxylic acids is 1. The van der Waals surface area contributed by atoms with Crippen LogP contribution in [0.1, 0.15) is 34.6 Å². The third-order valence-corrected chi connectivity index (χ3v) is 4.38. The normalized spacial score (nSPS) is 16.7. The van der Waals surface area contributed by atoms with Gasteiger partial charge in [0.05, 0.1) is 17.0 Å². The van der Waals surface area contributed by atoms with E-state index in [2.05, 4.69) is 0 Å². The molecule has 0 saturated heterocycles. The van der Waals surface area contributed by atoms with Gasteiger partial charge in [-0.1, -0.05) is 24.3 Å². The molecule has 5 heteroatoms. The summed E-state index contributed by atoms with van der Waals surface area (Å²) in [5.41, 5.74) is 0.980. The predicted molar refractivity (Wildman–Crippen MR) is 87.4 cm³/mol. The van der Waals surface area contributed by atoms with Crippen LogP contribution in [0.5, 0.6) is 0 Å². The van der Waals surface area contributed by atoms with Gasteiger partial charge in [-0.2, -0.15) is 0 Å². The van der Waals surface area contributed by atoms with E-state index in [0.29, 0.717) is 23.1 Å². The molecule has 1 amide bonds. The number of fused-ring (bicyclic) bond motifs is 2. The molecule has 0 N–H and O–H groups in total. The van der Waals surface area contributed by atoms with Gasteiger partial charge in [0.1, 0.15) is 11.4 Å². The summed E-state index contributed by atoms with van der Waals surface area (Å²) in [5.74, 6) is -0.700. The summed E-state index contributed by atoms with van der Waals surface area (Å²) in [7, 11) is 0. The van der Waals surface area contributed by atoms with Crippen molar-refractivity contribution in [2.24, 2.45) is 0 Å². The van der Waals surface area contributed by atoms with Crippen LogP contribution in [0, 0.1) is 5.82 Å². The van der Waals surface area contributed by atoms with Crippen LogP contribution in [-0.2, 0) is 0 Å². The van der Waals surface area contributed by atoms with E-state index in [1.807, 2.05) is 6.92 Å². The Bertz CT molecular complexity index is 1020. The summed E-state index contributed by atoms with van der Waals surface area (Å²) in [5, 5.41) is 0.420. The second-order valence-corrected chi connectivity index (χ2v) is 5.72. The standard InChI is InChI=1S/C19H14FNO3/c1-2-21-16(11-6-5-7-12(20)10-11)15-17(22)13-8-3-4-9-14(13)24-18(15)19(21)23/h3-10,16H,2H2,1H3/t16-/m0/s1. The van der Waals surface area contributed by atoms with Crippen LogP contribution in [0.4, 0.5) is 4.39 Å². The lowest BCUT2D eigenvalue weighted by atomic mass is 9.98. The molecule has 3 aromatic rings. The van der Waals surface area contributed by atoms with E-state index in [-0.39, 0.29) is 22.7 Å². The van der Waals surface area contributed by atoms with Crippen molar-refractivity contribution < 1.29 is 13.6 Å². The van der Waals surface area contributed by atoms with Crippen LogP contribution in [0.15, 0.2) is 57.7 Å². The molecule has 0 unspecified atom stereocenters. The van der Waals surface area contributed by atoms with Gasteiger partial charge in [0, 0.05) is 6.54 Å². The minimum absolute atomic E-state index is 0.0508. The van der Waals surface area contributed by atoms with E-state index >= 15 is 0 Å². The van der Waals surface area contributed by atoms with Gasteiger partial charge in [-0.05, 0) is 36.8 Å². The molecule has 2 heterocycles. The molecule has 0 saturated carbocycles. The smallest absolute Gasteiger partial charge is 0.290 e. The summed E-state index contributed by atoms with van der Waals surface area (Å²) < 4.78 is 19.4. The number of benzene rings is 2. The first-order chi connectivity index (χ1) is 11.6. The highest BCUT2D eigenvalue weighted by atomic mass is 19.1. The van der Waals surface area contributed by atoms with E-state index < -0.39 is 11.9 Å². The fourth-order valence-corrected chi connectivity index (χ4v) is 3.32. The molecule has 4 nitrogen and oxygen atoms in total. The number of nitrogens with zero attached hydrogens (tertiary/aromatic N) is 1. The Morgan fingerprint density at radius 3 is 2.67 bits per heavy atom. The molecule has 24 heavy (non-hydrogen) atoms. The molecule has 4 rings (SSSR count). The van der Waals surface area contributed by atoms with Gasteiger partial charge >= 0.3 is 0 Å². The highest BCUT2D eigenvalue weighted by Crippen LogP contribution is 2.37. The minimum atomic E-state index is -0.631. The fourth-order valence-electron chi connectivity index (χ4n) is 3.32. The average molecular weight is 323 g/mol. The second-order valence-electron chi connectivity index (χ2n) is 5.72. The zero-order valence-corrected chi connectivity index (χ0v) is 13.0. The van der Waals surface area contributed by atoms with E-state index in [4.69, 9.17) is 4.42 Å². The molecule has 0 radical (unpaired) electrons. The Hall–Kier alpha value is -2.95. The zero-order valence-electron chi connectivity index (χ0n) is 13.0. The van der Waals surface area contributed by atoms with Crippen molar-refractivity contribution in [3.63, 3.8) is 0 Å². The summed E-state index contributed by atoms with van der Waals surface area (Å²) in [4.78, 5) is 27.2. The Labute approximate surface area is 137 Å². The quantitative estimate of drug-likeness (QED) is 0.725. The molecule has 1 atom stereocenters. The molecule has 0 spiro atoms. The summed E-state index contributed by atoms with van der Waals surface area (Å²) in [6, 6.07) is 12.2. The van der Waals surface area contributed by atoms with Crippen molar-refractivity contribution >= 4 is 16.9 Å². The zero-order chi connectivity index (χ0) is 16.8. The number of amides is 1. The average Bonchev–Trinajstić information content (AvgIpc) is 2.88. The highest BCUT2D eigenvalue weighted by molar-refractivity contribution is 5.99. The molecule has 0 bridgehead atoms. The largest absolute Gasteiger partial charge is 0.450 e. The number of hydrogen-bond acceptors (Lipinski definition) is 3. The van der Waals surface area contributed by atoms with E-state index in [0.717, 1.165) is 0 Å². The number of rotatable bonds is 2. The maximum absolute atomic E-state index is 13.7. The molecule has 0 fully saturated rings. The van der Waals surface area contributed by atoms with Crippen LogP contribution in [-0.4, -0.2) is 17.4 Å². The lowest BCUT2D eigenvalue weighted by Gasteiger charge is -2.23. The first-order valence-electron chi connectivity index (χ1n) is 7.74. The molecule has 1 aliphatic rings. The SMILES string of the molecule is CCN1C(=O)c2oc3ccccc3c(=O)c2[C@@H]1c1cccc(F)c1. The minimum Gasteiger partial charge on any atom is -0.450 e. The fraction of sp³-hybridized carbons (Fsp3) is 0.158. The van der Waals surface area contributed by atoms with Gasteiger partial charge in [-0.25, -0.2) is 4.39 Å². The van der Waals surface area contributed by atoms with Crippen LogP contribution in [0.2, 0.25) is 0 Å². The number of halogens is 1. The Morgan fingerprint density at radius 1 is 1.12 bits per heavy atom. The topological polar surface area (TPSA) is 50.5 Å². The number of para-hydroxylation sites is 1. The maximum atomic E-state index is 13.7.